The van der Waals surface area contributed by atoms with Gasteiger partial charge in [0.05, 0.1) is 0 Å². The van der Waals surface area contributed by atoms with E-state index in [0.29, 0.717) is 12.6 Å². The first-order chi connectivity index (χ1) is 9.08. The number of benzene rings is 1. The Morgan fingerprint density at radius 2 is 2.10 bits per heavy atom. The lowest BCUT2D eigenvalue weighted by Crippen LogP contribution is -2.36. The number of hydrogen-bond donors (Lipinski definition) is 2. The number of carbonyl (C=O) groups is 1. The van der Waals surface area contributed by atoms with Crippen molar-refractivity contribution in [3.63, 3.8) is 0 Å². The molecule has 1 aliphatic rings. The lowest BCUT2D eigenvalue weighted by Gasteiger charge is -2.20. The minimum atomic E-state index is 0. The molecule has 21 heavy (non-hydrogen) atoms. The van der Waals surface area contributed by atoms with Crippen LogP contribution >= 0.6 is 24.8 Å². The summed E-state index contributed by atoms with van der Waals surface area (Å²) in [5.41, 5.74) is 3.16. The van der Waals surface area contributed by atoms with Crippen molar-refractivity contribution in [2.45, 2.75) is 26.3 Å². The average molecular weight is 334 g/mol. The van der Waals surface area contributed by atoms with Gasteiger partial charge in [-0.05, 0) is 51.1 Å². The number of hydrogen-bond acceptors (Lipinski definition) is 3. The van der Waals surface area contributed by atoms with E-state index in [1.54, 1.807) is 0 Å². The van der Waals surface area contributed by atoms with Crippen molar-refractivity contribution >= 4 is 36.4 Å². The molecule has 4 nitrogen and oxygen atoms in total. The van der Waals surface area contributed by atoms with E-state index < -0.39 is 0 Å². The Morgan fingerprint density at radius 1 is 1.38 bits per heavy atom. The Balaban J connectivity index is 0.00000200. The lowest BCUT2D eigenvalue weighted by molar-refractivity contribution is 0.0948. The zero-order valence-corrected chi connectivity index (χ0v) is 14.4. The molecular formula is C15H25Cl2N3O. The van der Waals surface area contributed by atoms with Gasteiger partial charge in [0.2, 0.25) is 0 Å². The lowest BCUT2D eigenvalue weighted by atomic mass is 10.1. The average Bonchev–Trinajstić information content (AvgIpc) is 2.85. The molecule has 0 saturated heterocycles. The van der Waals surface area contributed by atoms with E-state index in [9.17, 15) is 4.79 Å². The number of halogens is 2. The number of likely N-dealkylation sites (N-methyl/N-ethyl adjacent to an activating group) is 1. The maximum Gasteiger partial charge on any atom is 0.251 e. The summed E-state index contributed by atoms with van der Waals surface area (Å²) < 4.78 is 0. The van der Waals surface area contributed by atoms with E-state index in [0.717, 1.165) is 30.8 Å². The van der Waals surface area contributed by atoms with Crippen LogP contribution in [0.15, 0.2) is 18.2 Å². The molecule has 2 N–H and O–H groups in total. The summed E-state index contributed by atoms with van der Waals surface area (Å²) in [6.07, 6.45) is 1.01. The number of amides is 1. The van der Waals surface area contributed by atoms with Crippen LogP contribution in [-0.2, 0) is 6.42 Å². The molecule has 1 aliphatic heterocycles. The molecule has 0 bridgehead atoms. The molecule has 120 valence electrons. The van der Waals surface area contributed by atoms with Crippen molar-refractivity contribution in [3.8, 4) is 0 Å². The smallest absolute Gasteiger partial charge is 0.251 e. The van der Waals surface area contributed by atoms with Gasteiger partial charge < -0.3 is 15.5 Å². The number of nitrogens with zero attached hydrogens (tertiary/aromatic N) is 1. The highest BCUT2D eigenvalue weighted by atomic mass is 35.5. The molecule has 0 aromatic heterocycles. The Kier molecular flexibility index (Phi) is 8.71. The Labute approximate surface area is 139 Å². The number of fused-ring (bicyclic) bond motifs is 1. The molecule has 1 heterocycles. The monoisotopic (exact) mass is 333 g/mol. The van der Waals surface area contributed by atoms with Gasteiger partial charge in [-0.15, -0.1) is 24.8 Å². The third-order valence-electron chi connectivity index (χ3n) is 3.71. The topological polar surface area (TPSA) is 44.4 Å². The van der Waals surface area contributed by atoms with E-state index in [1.807, 2.05) is 18.2 Å². The van der Waals surface area contributed by atoms with Crippen molar-refractivity contribution < 1.29 is 4.79 Å². The van der Waals surface area contributed by atoms with Gasteiger partial charge in [-0.1, -0.05) is 0 Å². The minimum Gasteiger partial charge on any atom is -0.384 e. The molecule has 1 aromatic carbocycles. The first kappa shape index (κ1) is 20.0. The molecule has 0 atom stereocenters. The maximum atomic E-state index is 12.0. The highest BCUT2D eigenvalue weighted by molar-refractivity contribution is 5.95. The van der Waals surface area contributed by atoms with Crippen LogP contribution in [0.1, 0.15) is 29.8 Å². The summed E-state index contributed by atoms with van der Waals surface area (Å²) in [5, 5.41) is 6.27. The van der Waals surface area contributed by atoms with Crippen molar-refractivity contribution in [2.75, 3.05) is 32.0 Å². The number of rotatable bonds is 5. The molecular weight excluding hydrogens is 309 g/mol. The fourth-order valence-corrected chi connectivity index (χ4v) is 2.15. The minimum absolute atomic E-state index is 0. The SMILES string of the molecule is CC(C)N(C)CCNC(=O)c1ccc2c(c1)CCN2.Cl.Cl. The van der Waals surface area contributed by atoms with E-state index in [4.69, 9.17) is 0 Å². The first-order valence-corrected chi connectivity index (χ1v) is 6.93. The predicted molar refractivity (Wildman–Crippen MR) is 93.2 cm³/mol. The zero-order chi connectivity index (χ0) is 13.8. The Bertz CT molecular complexity index is 466. The van der Waals surface area contributed by atoms with Gasteiger partial charge in [-0.3, -0.25) is 4.79 Å². The molecule has 1 aromatic rings. The van der Waals surface area contributed by atoms with Gasteiger partial charge in [0, 0.05) is 36.9 Å². The predicted octanol–water partition coefficient (Wildman–Crippen LogP) is 2.57. The van der Waals surface area contributed by atoms with Gasteiger partial charge in [0.25, 0.3) is 5.91 Å². The van der Waals surface area contributed by atoms with Gasteiger partial charge in [-0.2, -0.15) is 0 Å². The second kappa shape index (κ2) is 9.13. The standard InChI is InChI=1S/C15H23N3O.2ClH/c1-11(2)18(3)9-8-17-15(19)13-4-5-14-12(10-13)6-7-16-14;;/h4-5,10-11,16H,6-9H2,1-3H3,(H,17,19);2*1H. The van der Waals surface area contributed by atoms with Crippen LogP contribution in [0, 0.1) is 0 Å². The van der Waals surface area contributed by atoms with E-state index in [1.165, 1.54) is 5.56 Å². The molecule has 2 rings (SSSR count). The molecule has 1 amide bonds. The van der Waals surface area contributed by atoms with Crippen LogP contribution in [0.5, 0.6) is 0 Å². The molecule has 0 unspecified atom stereocenters. The third kappa shape index (κ3) is 5.38. The summed E-state index contributed by atoms with van der Waals surface area (Å²) in [6.45, 7) is 6.82. The second-order valence-electron chi connectivity index (χ2n) is 5.38. The van der Waals surface area contributed by atoms with Gasteiger partial charge >= 0.3 is 0 Å². The summed E-state index contributed by atoms with van der Waals surface area (Å²) in [6, 6.07) is 6.38. The normalized spacial score (nSPS) is 12.2. The van der Waals surface area contributed by atoms with Gasteiger partial charge in [0.1, 0.15) is 0 Å². The van der Waals surface area contributed by atoms with E-state index in [2.05, 4.69) is 36.4 Å². The largest absolute Gasteiger partial charge is 0.384 e. The Morgan fingerprint density at radius 3 is 2.76 bits per heavy atom. The summed E-state index contributed by atoms with van der Waals surface area (Å²) in [5.74, 6) is 0.0202. The highest BCUT2D eigenvalue weighted by Crippen LogP contribution is 2.22. The van der Waals surface area contributed by atoms with Crippen molar-refractivity contribution in [1.29, 1.82) is 0 Å². The zero-order valence-electron chi connectivity index (χ0n) is 12.8. The maximum absolute atomic E-state index is 12.0. The summed E-state index contributed by atoms with van der Waals surface area (Å²) in [7, 11) is 2.07. The molecule has 0 spiro atoms. The molecule has 0 fully saturated rings. The molecule has 0 aliphatic carbocycles. The fourth-order valence-electron chi connectivity index (χ4n) is 2.15. The van der Waals surface area contributed by atoms with Crippen LogP contribution < -0.4 is 10.6 Å². The van der Waals surface area contributed by atoms with E-state index >= 15 is 0 Å². The quantitative estimate of drug-likeness (QED) is 0.870. The van der Waals surface area contributed by atoms with Gasteiger partial charge in [-0.25, -0.2) is 0 Å². The first-order valence-electron chi connectivity index (χ1n) is 6.93. The van der Waals surface area contributed by atoms with Crippen molar-refractivity contribution in [3.05, 3.63) is 29.3 Å². The third-order valence-corrected chi connectivity index (χ3v) is 3.71. The number of carbonyl (C=O) groups excluding carboxylic acids is 1. The van der Waals surface area contributed by atoms with E-state index in [-0.39, 0.29) is 30.7 Å². The van der Waals surface area contributed by atoms with Gasteiger partial charge in [0.15, 0.2) is 0 Å². The number of anilines is 1. The van der Waals surface area contributed by atoms with Crippen LogP contribution in [0.2, 0.25) is 0 Å². The van der Waals surface area contributed by atoms with Crippen LogP contribution in [0.3, 0.4) is 0 Å². The van der Waals surface area contributed by atoms with Crippen molar-refractivity contribution in [1.82, 2.24) is 10.2 Å². The Hall–Kier alpha value is -0.970. The molecule has 0 saturated carbocycles. The summed E-state index contributed by atoms with van der Waals surface area (Å²) in [4.78, 5) is 14.3. The highest BCUT2D eigenvalue weighted by Gasteiger charge is 2.13. The van der Waals surface area contributed by atoms with Crippen LogP contribution in [0.25, 0.3) is 0 Å². The number of nitrogens with one attached hydrogen (secondary N) is 2. The molecule has 0 radical (unpaired) electrons. The van der Waals surface area contributed by atoms with Crippen molar-refractivity contribution in [2.24, 2.45) is 0 Å². The fraction of sp³-hybridized carbons (Fsp3) is 0.533. The molecule has 6 heteroatoms. The van der Waals surface area contributed by atoms with Crippen LogP contribution in [0.4, 0.5) is 5.69 Å². The van der Waals surface area contributed by atoms with Crippen LogP contribution in [-0.4, -0.2) is 43.5 Å². The summed E-state index contributed by atoms with van der Waals surface area (Å²) >= 11 is 0. The second-order valence-corrected chi connectivity index (χ2v) is 5.38.